The van der Waals surface area contributed by atoms with E-state index in [1.807, 2.05) is 12.1 Å². The molecule has 1 unspecified atom stereocenters. The van der Waals surface area contributed by atoms with Crippen molar-refractivity contribution in [3.05, 3.63) is 64.7 Å². The van der Waals surface area contributed by atoms with Gasteiger partial charge in [0.05, 0.1) is 19.8 Å². The van der Waals surface area contributed by atoms with Crippen LogP contribution in [-0.4, -0.2) is 72.1 Å². The van der Waals surface area contributed by atoms with Gasteiger partial charge in [0.25, 0.3) is 11.8 Å². The summed E-state index contributed by atoms with van der Waals surface area (Å²) in [5.41, 5.74) is 2.17. The number of nitrogens with zero attached hydrogens (tertiary/aromatic N) is 2. The normalized spacial score (nSPS) is 17.5. The number of aliphatic hydroxyl groups is 1. The Kier molecular flexibility index (Phi) is 7.80. The molecule has 2 amide bonds. The number of carbonyl (C=O) groups excluding carboxylic acids is 3. The van der Waals surface area contributed by atoms with Gasteiger partial charge in [0.1, 0.15) is 6.29 Å². The number of amides is 2. The van der Waals surface area contributed by atoms with Crippen molar-refractivity contribution in [1.29, 1.82) is 0 Å². The molecule has 0 saturated carbocycles. The maximum absolute atomic E-state index is 13.1. The number of ether oxygens (including phenoxy) is 1. The van der Waals surface area contributed by atoms with Crippen LogP contribution in [0.25, 0.3) is 0 Å². The van der Waals surface area contributed by atoms with Crippen molar-refractivity contribution < 1.29 is 24.2 Å². The van der Waals surface area contributed by atoms with Gasteiger partial charge >= 0.3 is 0 Å². The molecule has 9 nitrogen and oxygen atoms in total. The fraction of sp³-hybridized carbons (Fsp3) is 0.423. The molecule has 1 atom stereocenters. The van der Waals surface area contributed by atoms with E-state index < -0.39 is 17.5 Å². The number of fused-ring (bicyclic) bond motifs is 1. The van der Waals surface area contributed by atoms with E-state index in [-0.39, 0.29) is 19.4 Å². The lowest BCUT2D eigenvalue weighted by Crippen LogP contribution is -2.58. The van der Waals surface area contributed by atoms with Crippen LogP contribution >= 0.6 is 0 Å². The zero-order valence-electron chi connectivity index (χ0n) is 20.0. The smallest absolute Gasteiger partial charge is 0.273 e. The number of aldehydes is 1. The lowest BCUT2D eigenvalue weighted by molar-refractivity contribution is -0.159. The van der Waals surface area contributed by atoms with Crippen LogP contribution in [0, 0.1) is 0 Å². The summed E-state index contributed by atoms with van der Waals surface area (Å²) in [6.45, 7) is 4.89. The van der Waals surface area contributed by atoms with Crippen LogP contribution in [0.4, 0.5) is 5.69 Å². The topological polar surface area (TPSA) is 111 Å². The highest BCUT2D eigenvalue weighted by Crippen LogP contribution is 2.35. The summed E-state index contributed by atoms with van der Waals surface area (Å²) in [5.74, 6) is -1.15. The predicted molar refractivity (Wildman–Crippen MR) is 130 cm³/mol. The second-order valence-electron chi connectivity index (χ2n) is 8.89. The lowest BCUT2D eigenvalue weighted by Gasteiger charge is -2.35. The molecule has 186 valence electrons. The zero-order chi connectivity index (χ0) is 24.8. The van der Waals surface area contributed by atoms with E-state index >= 15 is 0 Å². The van der Waals surface area contributed by atoms with Crippen molar-refractivity contribution in [3.8, 4) is 0 Å². The van der Waals surface area contributed by atoms with Crippen LogP contribution in [0.3, 0.4) is 0 Å². The van der Waals surface area contributed by atoms with E-state index in [9.17, 15) is 19.5 Å². The predicted octanol–water partition coefficient (Wildman–Crippen LogP) is 1.50. The number of nitrogens with one attached hydrogen (secondary N) is 2. The third kappa shape index (κ3) is 5.37. The van der Waals surface area contributed by atoms with E-state index in [0.717, 1.165) is 54.6 Å². The average Bonchev–Trinajstić information content (AvgIpc) is 3.24. The van der Waals surface area contributed by atoms with Crippen molar-refractivity contribution in [2.75, 3.05) is 38.7 Å². The molecule has 2 aliphatic heterocycles. The second-order valence-corrected chi connectivity index (χ2v) is 8.89. The summed E-state index contributed by atoms with van der Waals surface area (Å²) in [6.07, 6.45) is 0.409. The maximum atomic E-state index is 13.1. The monoisotopic (exact) mass is 480 g/mol. The van der Waals surface area contributed by atoms with Crippen molar-refractivity contribution in [1.82, 2.24) is 15.1 Å². The Morgan fingerprint density at radius 3 is 2.66 bits per heavy atom. The molecule has 0 aromatic heterocycles. The number of benzene rings is 2. The first-order valence-corrected chi connectivity index (χ1v) is 11.9. The molecule has 0 aliphatic carbocycles. The molecule has 35 heavy (non-hydrogen) atoms. The number of hydrogen-bond donors (Lipinski definition) is 3. The minimum absolute atomic E-state index is 0.0457. The first kappa shape index (κ1) is 24.8. The molecule has 2 aromatic rings. The third-order valence-corrected chi connectivity index (χ3v) is 6.60. The highest BCUT2D eigenvalue weighted by atomic mass is 16.5. The van der Waals surface area contributed by atoms with Crippen LogP contribution in [-0.2, 0) is 34.0 Å². The van der Waals surface area contributed by atoms with E-state index in [2.05, 4.69) is 33.7 Å². The number of likely N-dealkylation sites (N-methyl/N-ethyl adjacent to an activating group) is 1. The van der Waals surface area contributed by atoms with Gasteiger partial charge < -0.3 is 25.3 Å². The molecule has 2 aliphatic rings. The van der Waals surface area contributed by atoms with Crippen LogP contribution in [0.15, 0.2) is 42.5 Å². The largest absolute Gasteiger partial charge is 0.381 e. The number of morpholine rings is 1. The molecule has 2 heterocycles. The van der Waals surface area contributed by atoms with Gasteiger partial charge in [-0.25, -0.2) is 0 Å². The van der Waals surface area contributed by atoms with Crippen LogP contribution in [0.5, 0.6) is 0 Å². The average molecular weight is 481 g/mol. The van der Waals surface area contributed by atoms with E-state index in [4.69, 9.17) is 4.74 Å². The Labute approximate surface area is 205 Å². The van der Waals surface area contributed by atoms with Gasteiger partial charge in [0.2, 0.25) is 5.72 Å². The lowest BCUT2D eigenvalue weighted by atomic mass is 10.0. The van der Waals surface area contributed by atoms with Gasteiger partial charge in [0, 0.05) is 62.9 Å². The summed E-state index contributed by atoms with van der Waals surface area (Å²) in [7, 11) is 1.39. The Bertz CT molecular complexity index is 1090. The Morgan fingerprint density at radius 1 is 1.17 bits per heavy atom. The van der Waals surface area contributed by atoms with Gasteiger partial charge in [0.15, 0.2) is 0 Å². The van der Waals surface area contributed by atoms with Gasteiger partial charge in [-0.2, -0.15) is 0 Å². The van der Waals surface area contributed by atoms with Gasteiger partial charge in [-0.3, -0.25) is 19.4 Å². The quantitative estimate of drug-likeness (QED) is 0.442. The highest BCUT2D eigenvalue weighted by Gasteiger charge is 2.47. The summed E-state index contributed by atoms with van der Waals surface area (Å²) >= 11 is 0. The van der Waals surface area contributed by atoms with Crippen molar-refractivity contribution in [3.63, 3.8) is 0 Å². The van der Waals surface area contributed by atoms with Gasteiger partial charge in [-0.15, -0.1) is 0 Å². The number of carbonyl (C=O) groups is 3. The van der Waals surface area contributed by atoms with Crippen molar-refractivity contribution in [2.45, 2.75) is 38.2 Å². The molecule has 1 fully saturated rings. The minimum Gasteiger partial charge on any atom is -0.381 e. The Morgan fingerprint density at radius 2 is 1.91 bits per heavy atom. The van der Waals surface area contributed by atoms with Crippen molar-refractivity contribution >= 4 is 23.8 Å². The van der Waals surface area contributed by atoms with E-state index in [1.165, 1.54) is 12.6 Å². The third-order valence-electron chi connectivity index (χ3n) is 6.60. The summed E-state index contributed by atoms with van der Waals surface area (Å²) in [6, 6.07) is 13.8. The molecule has 0 bridgehead atoms. The standard InChI is InChI=1S/C26H32N4O5/c1-27-25(33)26(34,9-4-12-31)30-18-22-21(24(30)32)7-3-8-23(22)28-16-19-5-2-6-20(15-19)17-29-10-13-35-14-11-29/h2-3,5-8,12,15,28,34H,4,9-11,13-14,16-18H2,1H3,(H,27,33). The van der Waals surface area contributed by atoms with Crippen LogP contribution in [0.1, 0.15) is 39.9 Å². The summed E-state index contributed by atoms with van der Waals surface area (Å²) in [5, 5.41) is 16.9. The van der Waals surface area contributed by atoms with E-state index in [0.29, 0.717) is 18.4 Å². The van der Waals surface area contributed by atoms with Gasteiger partial charge in [-0.05, 0) is 23.3 Å². The van der Waals surface area contributed by atoms with Crippen LogP contribution < -0.4 is 10.6 Å². The zero-order valence-corrected chi connectivity index (χ0v) is 20.0. The van der Waals surface area contributed by atoms with Crippen LogP contribution in [0.2, 0.25) is 0 Å². The maximum Gasteiger partial charge on any atom is 0.273 e. The molecule has 3 N–H and O–H groups in total. The summed E-state index contributed by atoms with van der Waals surface area (Å²) in [4.78, 5) is 40.1. The number of anilines is 1. The first-order valence-electron chi connectivity index (χ1n) is 11.9. The molecule has 4 rings (SSSR count). The minimum atomic E-state index is -2.10. The first-order chi connectivity index (χ1) is 17.0. The van der Waals surface area contributed by atoms with Crippen molar-refractivity contribution in [2.24, 2.45) is 0 Å². The molecular formula is C26H32N4O5. The molecular weight excluding hydrogens is 448 g/mol. The highest BCUT2D eigenvalue weighted by molar-refractivity contribution is 6.03. The molecule has 1 saturated heterocycles. The number of hydrogen-bond acceptors (Lipinski definition) is 7. The Hall–Kier alpha value is -3.27. The summed E-state index contributed by atoms with van der Waals surface area (Å²) < 4.78 is 5.43. The number of rotatable bonds is 10. The molecule has 2 aromatic carbocycles. The van der Waals surface area contributed by atoms with Gasteiger partial charge in [-0.1, -0.05) is 30.3 Å². The molecule has 0 spiro atoms. The van der Waals surface area contributed by atoms with E-state index in [1.54, 1.807) is 12.1 Å². The fourth-order valence-electron chi connectivity index (χ4n) is 4.68. The fourth-order valence-corrected chi connectivity index (χ4v) is 4.68. The second kappa shape index (κ2) is 11.0. The molecule has 0 radical (unpaired) electrons. The Balaban J connectivity index is 1.48. The SMILES string of the molecule is CNC(=O)C(O)(CCC=O)N1Cc2c(NCc3cccc(CN4CCOCC4)c3)cccc2C1=O. The molecule has 9 heteroatoms.